The maximum Gasteiger partial charge on any atom is 0.122 e. The van der Waals surface area contributed by atoms with E-state index in [4.69, 9.17) is 9.47 Å². The molecule has 1 aromatic carbocycles. The Morgan fingerprint density at radius 3 is 1.94 bits per heavy atom. The Labute approximate surface area is 96.0 Å². The standard InChI is InChI=1S/C13H18O3/c1-9(14)13(4-5-13)10-6-11(15-2)8-12(7-10)16-3/h6-9,14H,4-5H2,1-3H3. The van der Waals surface area contributed by atoms with E-state index in [1.807, 2.05) is 25.1 Å². The average Bonchev–Trinajstić information content (AvgIpc) is 3.09. The summed E-state index contributed by atoms with van der Waals surface area (Å²) in [5.74, 6) is 1.56. The van der Waals surface area contributed by atoms with Crippen LogP contribution in [0.25, 0.3) is 0 Å². The van der Waals surface area contributed by atoms with E-state index in [1.54, 1.807) is 14.2 Å². The molecule has 1 aromatic rings. The lowest BCUT2D eigenvalue weighted by molar-refractivity contribution is 0.150. The van der Waals surface area contributed by atoms with Gasteiger partial charge in [-0.3, -0.25) is 0 Å². The molecule has 0 aromatic heterocycles. The van der Waals surface area contributed by atoms with Crippen LogP contribution in [-0.4, -0.2) is 25.4 Å². The summed E-state index contributed by atoms with van der Waals surface area (Å²) in [6, 6.07) is 5.83. The molecular formula is C13H18O3. The smallest absolute Gasteiger partial charge is 0.122 e. The topological polar surface area (TPSA) is 38.7 Å². The lowest BCUT2D eigenvalue weighted by Gasteiger charge is -2.20. The van der Waals surface area contributed by atoms with Gasteiger partial charge in [-0.25, -0.2) is 0 Å². The second kappa shape index (κ2) is 3.98. The quantitative estimate of drug-likeness (QED) is 0.848. The van der Waals surface area contributed by atoms with Crippen molar-refractivity contribution in [3.05, 3.63) is 23.8 Å². The monoisotopic (exact) mass is 222 g/mol. The van der Waals surface area contributed by atoms with Gasteiger partial charge in [0.2, 0.25) is 0 Å². The molecule has 2 rings (SSSR count). The van der Waals surface area contributed by atoms with Gasteiger partial charge in [0.05, 0.1) is 20.3 Å². The second-order valence-electron chi connectivity index (χ2n) is 4.43. The lowest BCUT2D eigenvalue weighted by Crippen LogP contribution is -2.22. The predicted octanol–water partition coefficient (Wildman–Crippen LogP) is 2.12. The first-order valence-electron chi connectivity index (χ1n) is 5.54. The van der Waals surface area contributed by atoms with E-state index in [2.05, 4.69) is 0 Å². The molecule has 1 saturated carbocycles. The highest BCUT2D eigenvalue weighted by Gasteiger charge is 2.48. The van der Waals surface area contributed by atoms with Crippen LogP contribution in [0.1, 0.15) is 25.3 Å². The number of rotatable bonds is 4. The van der Waals surface area contributed by atoms with Crippen molar-refractivity contribution in [2.24, 2.45) is 0 Å². The van der Waals surface area contributed by atoms with Crippen LogP contribution >= 0.6 is 0 Å². The van der Waals surface area contributed by atoms with E-state index in [1.165, 1.54) is 0 Å². The van der Waals surface area contributed by atoms with Gasteiger partial charge in [-0.05, 0) is 37.5 Å². The number of hydrogen-bond donors (Lipinski definition) is 1. The first-order valence-corrected chi connectivity index (χ1v) is 5.54. The van der Waals surface area contributed by atoms with Crippen molar-refractivity contribution in [2.75, 3.05) is 14.2 Å². The van der Waals surface area contributed by atoms with Crippen LogP contribution in [0, 0.1) is 0 Å². The van der Waals surface area contributed by atoms with E-state index >= 15 is 0 Å². The zero-order valence-electron chi connectivity index (χ0n) is 9.99. The summed E-state index contributed by atoms with van der Waals surface area (Å²) in [6.45, 7) is 1.85. The van der Waals surface area contributed by atoms with Gasteiger partial charge in [0, 0.05) is 11.5 Å². The molecule has 1 aliphatic rings. The summed E-state index contributed by atoms with van der Waals surface area (Å²) in [4.78, 5) is 0. The molecular weight excluding hydrogens is 204 g/mol. The third-order valence-corrected chi connectivity index (χ3v) is 3.51. The minimum absolute atomic E-state index is 0.0815. The Balaban J connectivity index is 2.40. The zero-order chi connectivity index (χ0) is 11.8. The number of methoxy groups -OCH3 is 2. The first kappa shape index (κ1) is 11.3. The third-order valence-electron chi connectivity index (χ3n) is 3.51. The predicted molar refractivity (Wildman–Crippen MR) is 62.1 cm³/mol. The summed E-state index contributed by atoms with van der Waals surface area (Å²) >= 11 is 0. The minimum Gasteiger partial charge on any atom is -0.497 e. The third kappa shape index (κ3) is 1.76. The van der Waals surface area contributed by atoms with Crippen molar-refractivity contribution in [3.63, 3.8) is 0 Å². The van der Waals surface area contributed by atoms with Crippen LogP contribution in [0.15, 0.2) is 18.2 Å². The van der Waals surface area contributed by atoms with E-state index in [-0.39, 0.29) is 11.5 Å². The fourth-order valence-corrected chi connectivity index (χ4v) is 2.18. The van der Waals surface area contributed by atoms with Crippen LogP contribution in [0.2, 0.25) is 0 Å². The van der Waals surface area contributed by atoms with Crippen LogP contribution in [0.5, 0.6) is 11.5 Å². The van der Waals surface area contributed by atoms with Gasteiger partial charge in [0.1, 0.15) is 11.5 Å². The molecule has 1 fully saturated rings. The maximum atomic E-state index is 9.84. The molecule has 0 amide bonds. The Hall–Kier alpha value is -1.22. The minimum atomic E-state index is -0.329. The largest absolute Gasteiger partial charge is 0.497 e. The Morgan fingerprint density at radius 2 is 1.62 bits per heavy atom. The second-order valence-corrected chi connectivity index (χ2v) is 4.43. The highest BCUT2D eigenvalue weighted by atomic mass is 16.5. The number of ether oxygens (including phenoxy) is 2. The molecule has 0 saturated heterocycles. The summed E-state index contributed by atoms with van der Waals surface area (Å²) in [5.41, 5.74) is 1.03. The fraction of sp³-hybridized carbons (Fsp3) is 0.538. The summed E-state index contributed by atoms with van der Waals surface area (Å²) < 4.78 is 10.5. The molecule has 0 radical (unpaired) electrons. The highest BCUT2D eigenvalue weighted by molar-refractivity contribution is 5.44. The summed E-state index contributed by atoms with van der Waals surface area (Å²) in [5, 5.41) is 9.84. The summed E-state index contributed by atoms with van der Waals surface area (Å²) in [6.07, 6.45) is 1.73. The van der Waals surface area contributed by atoms with Crippen LogP contribution in [0.3, 0.4) is 0 Å². The average molecular weight is 222 g/mol. The van der Waals surface area contributed by atoms with E-state index in [0.717, 1.165) is 29.9 Å². The van der Waals surface area contributed by atoms with Gasteiger partial charge in [-0.2, -0.15) is 0 Å². The number of aliphatic hydroxyl groups excluding tert-OH is 1. The molecule has 0 heterocycles. The van der Waals surface area contributed by atoms with Gasteiger partial charge in [-0.1, -0.05) is 0 Å². The molecule has 0 spiro atoms. The molecule has 0 bridgehead atoms. The molecule has 3 nitrogen and oxygen atoms in total. The van der Waals surface area contributed by atoms with Gasteiger partial charge in [0.25, 0.3) is 0 Å². The molecule has 1 aliphatic carbocycles. The number of benzene rings is 1. The molecule has 1 N–H and O–H groups in total. The van der Waals surface area contributed by atoms with Gasteiger partial charge in [0.15, 0.2) is 0 Å². The van der Waals surface area contributed by atoms with Gasteiger partial charge < -0.3 is 14.6 Å². The van der Waals surface area contributed by atoms with Gasteiger partial charge >= 0.3 is 0 Å². The molecule has 1 atom stereocenters. The first-order chi connectivity index (χ1) is 7.62. The van der Waals surface area contributed by atoms with Crippen molar-refractivity contribution in [1.29, 1.82) is 0 Å². The zero-order valence-corrected chi connectivity index (χ0v) is 9.99. The molecule has 88 valence electrons. The van der Waals surface area contributed by atoms with Crippen molar-refractivity contribution >= 4 is 0 Å². The number of hydrogen-bond acceptors (Lipinski definition) is 3. The highest BCUT2D eigenvalue weighted by Crippen LogP contribution is 2.52. The fourth-order valence-electron chi connectivity index (χ4n) is 2.18. The molecule has 16 heavy (non-hydrogen) atoms. The van der Waals surface area contributed by atoms with Crippen LogP contribution in [0.4, 0.5) is 0 Å². The van der Waals surface area contributed by atoms with Gasteiger partial charge in [-0.15, -0.1) is 0 Å². The van der Waals surface area contributed by atoms with E-state index < -0.39 is 0 Å². The lowest BCUT2D eigenvalue weighted by atomic mass is 9.90. The van der Waals surface area contributed by atoms with E-state index in [9.17, 15) is 5.11 Å². The number of aliphatic hydroxyl groups is 1. The Bertz CT molecular complexity index is 359. The normalized spacial score (nSPS) is 19.0. The van der Waals surface area contributed by atoms with Crippen LogP contribution < -0.4 is 9.47 Å². The van der Waals surface area contributed by atoms with Crippen molar-refractivity contribution < 1.29 is 14.6 Å². The molecule has 3 heteroatoms. The maximum absolute atomic E-state index is 9.84. The Morgan fingerprint density at radius 1 is 1.12 bits per heavy atom. The van der Waals surface area contributed by atoms with Crippen molar-refractivity contribution in [3.8, 4) is 11.5 Å². The van der Waals surface area contributed by atoms with Crippen molar-refractivity contribution in [1.82, 2.24) is 0 Å². The SMILES string of the molecule is COc1cc(OC)cc(C2(C(C)O)CC2)c1. The molecule has 1 unspecified atom stereocenters. The van der Waals surface area contributed by atoms with Crippen LogP contribution in [-0.2, 0) is 5.41 Å². The van der Waals surface area contributed by atoms with Crippen molar-refractivity contribution in [2.45, 2.75) is 31.3 Å². The summed E-state index contributed by atoms with van der Waals surface area (Å²) in [7, 11) is 3.28. The Kier molecular flexibility index (Phi) is 2.80. The molecule has 0 aliphatic heterocycles. The van der Waals surface area contributed by atoms with E-state index in [0.29, 0.717) is 0 Å².